The highest BCUT2D eigenvalue weighted by Crippen LogP contribution is 2.15. The van der Waals surface area contributed by atoms with Gasteiger partial charge >= 0.3 is 17.9 Å². The Balaban J connectivity index is 3.57. The molecule has 12 atom stereocenters. The summed E-state index contributed by atoms with van der Waals surface area (Å²) >= 11 is 0. The number of aliphatic hydroxyl groups is 1. The Morgan fingerprint density at radius 3 is 1.40 bits per heavy atom. The summed E-state index contributed by atoms with van der Waals surface area (Å²) in [5.74, 6) is -13.0. The quantitative estimate of drug-likeness (QED) is 0.0375. The van der Waals surface area contributed by atoms with E-state index in [0.717, 1.165) is 0 Å². The van der Waals surface area contributed by atoms with E-state index in [1.807, 2.05) is 0 Å². The van der Waals surface area contributed by atoms with Gasteiger partial charge in [0.05, 0.1) is 18.6 Å². The summed E-state index contributed by atoms with van der Waals surface area (Å²) in [6.07, 6.45) is -1.84. The first kappa shape index (κ1) is 68.3. The number of carboxylic acid groups (broad SMARTS) is 3. The molecule has 0 aliphatic rings. The van der Waals surface area contributed by atoms with Crippen molar-refractivity contribution in [2.45, 2.75) is 193 Å². The Morgan fingerprint density at radius 2 is 0.922 bits per heavy atom. The molecule has 25 heteroatoms. The van der Waals surface area contributed by atoms with Gasteiger partial charge in [-0.2, -0.15) is 0 Å². The second-order valence-electron chi connectivity index (χ2n) is 20.5. The number of hydrogen-bond donors (Lipinski definition) is 14. The number of aliphatic carboxylic acids is 3. The number of rotatable bonds is 37. The van der Waals surface area contributed by atoms with Gasteiger partial charge in [-0.25, -0.2) is 4.79 Å². The van der Waals surface area contributed by atoms with Crippen LogP contribution in [-0.4, -0.2) is 153 Å². The first-order valence-electron chi connectivity index (χ1n) is 26.3. The van der Waals surface area contributed by atoms with Crippen LogP contribution in [0.15, 0.2) is 30.3 Å². The fourth-order valence-electron chi connectivity index (χ4n) is 7.92. The number of carbonyl (C=O) groups excluding carboxylic acids is 8. The van der Waals surface area contributed by atoms with E-state index in [4.69, 9.17) is 16.6 Å². The van der Waals surface area contributed by atoms with E-state index in [1.165, 1.54) is 6.92 Å². The molecule has 1 aromatic carbocycles. The summed E-state index contributed by atoms with van der Waals surface area (Å²) in [5.41, 5.74) is 12.1. The molecule has 434 valence electrons. The summed E-state index contributed by atoms with van der Waals surface area (Å²) in [6, 6.07) is -4.67. The zero-order valence-corrected chi connectivity index (χ0v) is 45.9. The molecule has 0 bridgehead atoms. The monoisotopic (exact) mass is 1090 g/mol. The normalized spacial score (nSPS) is 16.0. The van der Waals surface area contributed by atoms with Crippen LogP contribution in [-0.2, 0) is 59.2 Å². The summed E-state index contributed by atoms with van der Waals surface area (Å²) in [6.45, 7) is 15.2. The Kier molecular flexibility index (Phi) is 30.9. The number of nitrogens with one attached hydrogen (secondary N) is 8. The highest BCUT2D eigenvalue weighted by atomic mass is 16.4. The third-order valence-corrected chi connectivity index (χ3v) is 12.8. The number of hydrogen-bond acceptors (Lipinski definition) is 14. The highest BCUT2D eigenvalue weighted by molar-refractivity contribution is 5.99. The third-order valence-electron chi connectivity index (χ3n) is 12.8. The van der Waals surface area contributed by atoms with Crippen molar-refractivity contribution in [3.63, 3.8) is 0 Å². The van der Waals surface area contributed by atoms with Gasteiger partial charge in [-0.3, -0.25) is 47.9 Å². The van der Waals surface area contributed by atoms with E-state index in [-0.39, 0.29) is 56.9 Å². The van der Waals surface area contributed by atoms with Gasteiger partial charge in [0.15, 0.2) is 0 Å². The largest absolute Gasteiger partial charge is 0.481 e. The molecule has 25 nitrogen and oxygen atoms in total. The maximum atomic E-state index is 14.3. The number of nitrogens with two attached hydrogens (primary N) is 2. The van der Waals surface area contributed by atoms with Crippen molar-refractivity contribution in [2.24, 2.45) is 35.1 Å². The number of amides is 8. The lowest BCUT2D eigenvalue weighted by Gasteiger charge is -2.30. The number of benzene rings is 1. The van der Waals surface area contributed by atoms with Crippen molar-refractivity contribution >= 4 is 65.2 Å². The Bertz CT molecular complexity index is 2130. The first-order chi connectivity index (χ1) is 36.1. The van der Waals surface area contributed by atoms with Gasteiger partial charge in [0, 0.05) is 12.8 Å². The van der Waals surface area contributed by atoms with Crippen LogP contribution in [0.25, 0.3) is 0 Å². The van der Waals surface area contributed by atoms with E-state index in [9.17, 15) is 68.1 Å². The lowest BCUT2D eigenvalue weighted by Crippen LogP contribution is -2.63. The molecule has 0 saturated carbocycles. The molecule has 0 saturated heterocycles. The second kappa shape index (κ2) is 34.8. The van der Waals surface area contributed by atoms with Crippen LogP contribution in [0, 0.1) is 23.7 Å². The summed E-state index contributed by atoms with van der Waals surface area (Å²) in [5, 5.41) is 59.6. The van der Waals surface area contributed by atoms with Gasteiger partial charge in [-0.1, -0.05) is 98.6 Å². The SMILES string of the molecule is CC[C@H](C)[C@H](NC(=O)[C@H](CC(C)C)NC(=O)[C@@H](N)CCC(=O)O)C(=O)N[C@@H](Cc1ccccc1)C(=O)N[C@@H](CC(=O)O)C(=O)N[C@H](C(=O)N[C@H](C(=O)N[C@@H](CCCCN)C(=O)N[C@@H](CC(C)C)C(=O)O)[C@@H](C)O)[C@@H](C)CC. The van der Waals surface area contributed by atoms with E-state index in [1.54, 1.807) is 85.7 Å². The van der Waals surface area contributed by atoms with Crippen LogP contribution in [0.3, 0.4) is 0 Å². The average molecular weight is 1090 g/mol. The molecular weight excluding hydrogens is 1000 g/mol. The predicted octanol–water partition coefficient (Wildman–Crippen LogP) is -0.447. The van der Waals surface area contributed by atoms with Crippen LogP contribution in [0.5, 0.6) is 0 Å². The molecule has 0 aliphatic heterocycles. The second-order valence-corrected chi connectivity index (χ2v) is 20.5. The predicted molar refractivity (Wildman–Crippen MR) is 283 cm³/mol. The molecule has 0 fully saturated rings. The number of carbonyl (C=O) groups is 11. The van der Waals surface area contributed by atoms with Crippen molar-refractivity contribution in [2.75, 3.05) is 6.54 Å². The van der Waals surface area contributed by atoms with Crippen LogP contribution in [0.2, 0.25) is 0 Å². The first-order valence-corrected chi connectivity index (χ1v) is 26.3. The molecule has 0 aliphatic carbocycles. The van der Waals surface area contributed by atoms with Crippen molar-refractivity contribution in [1.29, 1.82) is 0 Å². The van der Waals surface area contributed by atoms with Gasteiger partial charge < -0.3 is 74.4 Å². The van der Waals surface area contributed by atoms with Gasteiger partial charge in [0.1, 0.15) is 48.3 Å². The van der Waals surface area contributed by atoms with Crippen molar-refractivity contribution in [3.05, 3.63) is 35.9 Å². The van der Waals surface area contributed by atoms with Gasteiger partial charge in [-0.15, -0.1) is 0 Å². The molecule has 0 aromatic heterocycles. The van der Waals surface area contributed by atoms with E-state index in [2.05, 4.69) is 42.5 Å². The number of carboxylic acids is 3. The number of aliphatic hydroxyl groups excluding tert-OH is 1. The van der Waals surface area contributed by atoms with Gasteiger partial charge in [0.25, 0.3) is 0 Å². The zero-order chi connectivity index (χ0) is 58.7. The lowest BCUT2D eigenvalue weighted by atomic mass is 9.95. The average Bonchev–Trinajstić information content (AvgIpc) is 3.35. The Labute approximate surface area is 450 Å². The molecule has 16 N–H and O–H groups in total. The fraction of sp³-hybridized carbons (Fsp3) is 0.673. The van der Waals surface area contributed by atoms with Crippen LogP contribution in [0.4, 0.5) is 0 Å². The minimum Gasteiger partial charge on any atom is -0.481 e. The van der Waals surface area contributed by atoms with Crippen molar-refractivity contribution in [1.82, 2.24) is 42.5 Å². The Hall–Kier alpha value is -6.73. The van der Waals surface area contributed by atoms with Crippen LogP contribution >= 0.6 is 0 Å². The third kappa shape index (κ3) is 25.3. The standard InChI is InChI=1S/C52H86N10O15/c1-10-29(7)41(60-47(71)35(23-27(3)4)56-44(68)33(54)20-21-39(64)65)49(73)58-36(25-32-17-13-12-14-18-32)46(70)57-37(26-40(66)67)48(72)61-42(30(8)11-2)50(74)62-43(31(9)63)51(75)55-34(19-15-16-22-53)45(69)59-38(52(76)77)24-28(5)6/h12-14,17-18,27-31,33-38,41-43,63H,10-11,15-16,19-26,53-54H2,1-9H3,(H,55,75)(H,56,68)(H,57,70)(H,58,73)(H,59,69)(H,60,71)(H,61,72)(H,62,74)(H,64,65)(H,66,67)(H,76,77)/t29-,30-,31+,33-,34-,35-,36-,37-,38-,41-,42-,43-/m0/s1. The summed E-state index contributed by atoms with van der Waals surface area (Å²) in [4.78, 5) is 146. The molecule has 0 unspecified atom stereocenters. The molecule has 1 aromatic rings. The van der Waals surface area contributed by atoms with Crippen LogP contribution < -0.4 is 54.0 Å². The van der Waals surface area contributed by atoms with Crippen molar-refractivity contribution in [3.8, 4) is 0 Å². The number of unbranched alkanes of at least 4 members (excludes halogenated alkanes) is 1. The van der Waals surface area contributed by atoms with Gasteiger partial charge in [0.2, 0.25) is 47.3 Å². The topological polar surface area (TPSA) is 417 Å². The lowest BCUT2D eigenvalue weighted by molar-refractivity contribution is -0.143. The minimum absolute atomic E-state index is 0.0199. The molecule has 77 heavy (non-hydrogen) atoms. The maximum absolute atomic E-state index is 14.3. The zero-order valence-electron chi connectivity index (χ0n) is 45.9. The fourth-order valence-corrected chi connectivity index (χ4v) is 7.92. The maximum Gasteiger partial charge on any atom is 0.326 e. The van der Waals surface area contributed by atoms with E-state index < -0.39 is 150 Å². The van der Waals surface area contributed by atoms with Gasteiger partial charge in [-0.05, 0) is 81.2 Å². The smallest absolute Gasteiger partial charge is 0.326 e. The van der Waals surface area contributed by atoms with Crippen LogP contribution in [0.1, 0.15) is 132 Å². The molecule has 0 heterocycles. The minimum atomic E-state index is -1.88. The highest BCUT2D eigenvalue weighted by Gasteiger charge is 2.38. The molecule has 0 spiro atoms. The van der Waals surface area contributed by atoms with E-state index >= 15 is 0 Å². The molecule has 0 radical (unpaired) electrons. The summed E-state index contributed by atoms with van der Waals surface area (Å²) < 4.78 is 0. The van der Waals surface area contributed by atoms with Crippen molar-refractivity contribution < 1.29 is 73.2 Å². The summed E-state index contributed by atoms with van der Waals surface area (Å²) in [7, 11) is 0. The molecular formula is C52H86N10O15. The Morgan fingerprint density at radius 1 is 0.494 bits per heavy atom. The van der Waals surface area contributed by atoms with E-state index in [0.29, 0.717) is 24.8 Å². The molecule has 1 rings (SSSR count). The molecule has 8 amide bonds.